The van der Waals surface area contributed by atoms with E-state index in [0.717, 1.165) is 17.5 Å². The van der Waals surface area contributed by atoms with Gasteiger partial charge in [0, 0.05) is 23.6 Å². The molecule has 1 aliphatic carbocycles. The number of ether oxygens (including phenoxy) is 1. The first-order valence-corrected chi connectivity index (χ1v) is 11.7. The van der Waals surface area contributed by atoms with Crippen LogP contribution < -0.4 is 15.5 Å². The van der Waals surface area contributed by atoms with Gasteiger partial charge in [0.2, 0.25) is 6.23 Å². The summed E-state index contributed by atoms with van der Waals surface area (Å²) in [5.74, 6) is 0.770. The van der Waals surface area contributed by atoms with Crippen molar-refractivity contribution in [3.63, 3.8) is 0 Å². The van der Waals surface area contributed by atoms with Gasteiger partial charge in [0.05, 0.1) is 11.7 Å². The van der Waals surface area contributed by atoms with Gasteiger partial charge in [-0.05, 0) is 62.4 Å². The molecule has 4 rings (SSSR count). The van der Waals surface area contributed by atoms with Crippen LogP contribution in [-0.2, 0) is 9.63 Å². The number of hydroxylamine groups is 1. The minimum Gasteiger partial charge on any atom is -0.490 e. The second-order valence-electron chi connectivity index (χ2n) is 9.03. The molecule has 1 heterocycles. The second-order valence-corrected chi connectivity index (χ2v) is 9.03. The molecule has 0 aromatic heterocycles. The van der Waals surface area contributed by atoms with E-state index in [1.165, 1.54) is 11.1 Å². The van der Waals surface area contributed by atoms with E-state index in [0.29, 0.717) is 36.0 Å². The van der Waals surface area contributed by atoms with Crippen LogP contribution >= 0.6 is 0 Å². The number of hydrogen-bond donors (Lipinski definition) is 3. The van der Waals surface area contributed by atoms with Gasteiger partial charge in [-0.3, -0.25) is 4.79 Å². The molecule has 8 heteroatoms. The highest BCUT2D eigenvalue weighted by Crippen LogP contribution is 2.42. The Morgan fingerprint density at radius 1 is 1.38 bits per heavy atom. The quantitative estimate of drug-likeness (QED) is 0.475. The molecule has 0 spiro atoms. The van der Waals surface area contributed by atoms with Crippen LogP contribution in [0.15, 0.2) is 41.4 Å². The molecule has 2 aliphatic rings. The molecule has 1 aliphatic heterocycles. The standard InChI is InChI=1S/C26H30N4O4/c1-15(2)33-22-10-9-17(13-18(22)14-27)26-29-25(30-34-26)20-7-4-6-19-21(12-16(3)24(19)20)28-11-5-8-23(31)32/h4,6-7,9-10,13,15-16,21,26,28H,5,8,11-12H2,1-3H3,(H,29,30)(H,31,32). The van der Waals surface area contributed by atoms with Crippen LogP contribution in [0, 0.1) is 11.3 Å². The number of aliphatic imine (C=N–C) groups is 1. The zero-order valence-electron chi connectivity index (χ0n) is 19.7. The van der Waals surface area contributed by atoms with E-state index >= 15 is 0 Å². The Labute approximate surface area is 199 Å². The highest BCUT2D eigenvalue weighted by Gasteiger charge is 2.33. The highest BCUT2D eigenvalue weighted by atomic mass is 16.7. The Morgan fingerprint density at radius 2 is 2.21 bits per heavy atom. The van der Waals surface area contributed by atoms with Crippen LogP contribution in [-0.4, -0.2) is 29.6 Å². The molecule has 2 aromatic rings. The Hall–Kier alpha value is -3.41. The predicted octanol–water partition coefficient (Wildman–Crippen LogP) is 4.33. The SMILES string of the molecule is CC(C)Oc1ccc(C2N=C(c3cccc4c3C(C)CC4NCCCC(=O)O)NO2)cc1C#N. The van der Waals surface area contributed by atoms with Crippen LogP contribution in [0.1, 0.15) is 86.0 Å². The van der Waals surface area contributed by atoms with Gasteiger partial charge in [-0.1, -0.05) is 31.2 Å². The van der Waals surface area contributed by atoms with Crippen molar-refractivity contribution in [1.82, 2.24) is 10.8 Å². The normalized spacial score (nSPS) is 21.0. The molecule has 0 fully saturated rings. The third-order valence-corrected chi connectivity index (χ3v) is 6.10. The summed E-state index contributed by atoms with van der Waals surface area (Å²) in [5, 5.41) is 21.9. The van der Waals surface area contributed by atoms with Gasteiger partial charge < -0.3 is 15.2 Å². The molecule has 0 bridgehead atoms. The zero-order valence-corrected chi connectivity index (χ0v) is 19.7. The molecule has 178 valence electrons. The van der Waals surface area contributed by atoms with Crippen LogP contribution in [0.2, 0.25) is 0 Å². The van der Waals surface area contributed by atoms with E-state index in [4.69, 9.17) is 19.7 Å². The number of benzene rings is 2. The molecule has 2 aromatic carbocycles. The van der Waals surface area contributed by atoms with Crippen molar-refractivity contribution in [3.8, 4) is 11.8 Å². The maximum Gasteiger partial charge on any atom is 0.303 e. The molecule has 34 heavy (non-hydrogen) atoms. The van der Waals surface area contributed by atoms with Gasteiger partial charge in [-0.25, -0.2) is 15.3 Å². The van der Waals surface area contributed by atoms with E-state index in [9.17, 15) is 10.1 Å². The number of amidine groups is 1. The largest absolute Gasteiger partial charge is 0.490 e. The first kappa shape index (κ1) is 23.7. The summed E-state index contributed by atoms with van der Waals surface area (Å²) in [7, 11) is 0. The summed E-state index contributed by atoms with van der Waals surface area (Å²) in [6.07, 6.45) is 1.13. The Morgan fingerprint density at radius 3 is 2.94 bits per heavy atom. The lowest BCUT2D eigenvalue weighted by Crippen LogP contribution is -2.22. The van der Waals surface area contributed by atoms with Crippen molar-refractivity contribution in [2.24, 2.45) is 4.99 Å². The number of fused-ring (bicyclic) bond motifs is 1. The van der Waals surface area contributed by atoms with Gasteiger partial charge in [-0.2, -0.15) is 5.26 Å². The van der Waals surface area contributed by atoms with E-state index in [1.807, 2.05) is 32.0 Å². The first-order chi connectivity index (χ1) is 16.4. The third kappa shape index (κ3) is 5.06. The zero-order chi connectivity index (χ0) is 24.2. The molecule has 0 radical (unpaired) electrons. The smallest absolute Gasteiger partial charge is 0.303 e. The lowest BCUT2D eigenvalue weighted by molar-refractivity contribution is -0.137. The Balaban J connectivity index is 1.54. The number of carboxylic acid groups (broad SMARTS) is 1. The minimum absolute atomic E-state index is 0.0235. The number of nitrogens with zero attached hydrogens (tertiary/aromatic N) is 2. The maximum atomic E-state index is 10.8. The lowest BCUT2D eigenvalue weighted by atomic mass is 9.96. The van der Waals surface area contributed by atoms with Crippen LogP contribution in [0.3, 0.4) is 0 Å². The van der Waals surface area contributed by atoms with Crippen LogP contribution in [0.25, 0.3) is 0 Å². The fraction of sp³-hybridized carbons (Fsp3) is 0.423. The van der Waals surface area contributed by atoms with Crippen molar-refractivity contribution in [3.05, 3.63) is 64.2 Å². The number of rotatable bonds is 9. The van der Waals surface area contributed by atoms with Crippen LogP contribution in [0.4, 0.5) is 0 Å². The van der Waals surface area contributed by atoms with E-state index in [-0.39, 0.29) is 18.6 Å². The first-order valence-electron chi connectivity index (χ1n) is 11.7. The average molecular weight is 463 g/mol. The average Bonchev–Trinajstić information content (AvgIpc) is 3.42. The number of nitriles is 1. The highest BCUT2D eigenvalue weighted by molar-refractivity contribution is 6.01. The van der Waals surface area contributed by atoms with Crippen molar-refractivity contribution >= 4 is 11.8 Å². The molecular formula is C26H30N4O4. The molecule has 3 atom stereocenters. The lowest BCUT2D eigenvalue weighted by Gasteiger charge is -2.14. The minimum atomic E-state index is -0.770. The molecule has 0 saturated carbocycles. The topological polar surface area (TPSA) is 116 Å². The third-order valence-electron chi connectivity index (χ3n) is 6.10. The van der Waals surface area contributed by atoms with E-state index < -0.39 is 12.2 Å². The number of carboxylic acids is 1. The van der Waals surface area contributed by atoms with Gasteiger partial charge in [0.15, 0.2) is 5.84 Å². The Bertz CT molecular complexity index is 1140. The summed E-state index contributed by atoms with van der Waals surface area (Å²) < 4.78 is 5.71. The molecule has 3 unspecified atom stereocenters. The Kier molecular flexibility index (Phi) is 7.15. The fourth-order valence-corrected chi connectivity index (χ4v) is 4.64. The monoisotopic (exact) mass is 462 g/mol. The van der Waals surface area contributed by atoms with Crippen LogP contribution in [0.5, 0.6) is 5.75 Å². The number of carbonyl (C=O) groups is 1. The predicted molar refractivity (Wildman–Crippen MR) is 128 cm³/mol. The molecule has 8 nitrogen and oxygen atoms in total. The number of aliphatic carboxylic acids is 1. The summed E-state index contributed by atoms with van der Waals surface area (Å²) >= 11 is 0. The van der Waals surface area contributed by atoms with Crippen molar-refractivity contribution in [2.75, 3.05) is 6.54 Å². The number of nitrogens with one attached hydrogen (secondary N) is 2. The van der Waals surface area contributed by atoms with Crippen molar-refractivity contribution in [2.45, 2.75) is 64.3 Å². The van der Waals surface area contributed by atoms with Gasteiger partial charge >= 0.3 is 5.97 Å². The fourth-order valence-electron chi connectivity index (χ4n) is 4.64. The molecule has 3 N–H and O–H groups in total. The van der Waals surface area contributed by atoms with Crippen molar-refractivity contribution in [1.29, 1.82) is 5.26 Å². The summed E-state index contributed by atoms with van der Waals surface area (Å²) in [4.78, 5) is 21.3. The van der Waals surface area contributed by atoms with E-state index in [2.05, 4.69) is 29.9 Å². The second kappa shape index (κ2) is 10.2. The summed E-state index contributed by atoms with van der Waals surface area (Å²) in [5.41, 5.74) is 7.66. The van der Waals surface area contributed by atoms with Gasteiger partial charge in [0.25, 0.3) is 0 Å². The van der Waals surface area contributed by atoms with Gasteiger partial charge in [-0.15, -0.1) is 0 Å². The van der Waals surface area contributed by atoms with Gasteiger partial charge in [0.1, 0.15) is 11.8 Å². The molecular weight excluding hydrogens is 432 g/mol. The van der Waals surface area contributed by atoms with E-state index in [1.54, 1.807) is 12.1 Å². The molecule has 0 saturated heterocycles. The number of hydrogen-bond acceptors (Lipinski definition) is 7. The summed E-state index contributed by atoms with van der Waals surface area (Å²) in [6, 6.07) is 14.0. The van der Waals surface area contributed by atoms with Crippen molar-refractivity contribution < 1.29 is 19.5 Å². The molecule has 0 amide bonds. The summed E-state index contributed by atoms with van der Waals surface area (Å²) in [6.45, 7) is 6.70. The maximum absolute atomic E-state index is 10.8.